The van der Waals surface area contributed by atoms with Crippen LogP contribution in [0.4, 0.5) is 0 Å². The molecule has 0 aliphatic carbocycles. The number of carbonyl (C=O) groups excluding carboxylic acids is 1. The SMILES string of the molecule is Cc1cc(-c2cc(Oc3ccc4ncn(C)c4c3)ccn2)ccc1C(N)=O. The number of imidazole rings is 1. The van der Waals surface area contributed by atoms with Crippen LogP contribution in [0.1, 0.15) is 15.9 Å². The Morgan fingerprint density at radius 1 is 1.04 bits per heavy atom. The number of hydrogen-bond donors (Lipinski definition) is 1. The number of pyridine rings is 1. The van der Waals surface area contributed by atoms with Crippen LogP contribution in [0.5, 0.6) is 11.5 Å². The average Bonchev–Trinajstić information content (AvgIpc) is 3.02. The van der Waals surface area contributed by atoms with E-state index in [2.05, 4.69) is 9.97 Å². The van der Waals surface area contributed by atoms with E-state index in [0.29, 0.717) is 11.3 Å². The molecule has 0 radical (unpaired) electrons. The summed E-state index contributed by atoms with van der Waals surface area (Å²) in [5, 5.41) is 0. The van der Waals surface area contributed by atoms with Gasteiger partial charge in [0.1, 0.15) is 11.5 Å². The number of fused-ring (bicyclic) bond motifs is 1. The number of aromatic nitrogens is 3. The van der Waals surface area contributed by atoms with Gasteiger partial charge in [-0.2, -0.15) is 0 Å². The monoisotopic (exact) mass is 358 g/mol. The Morgan fingerprint density at radius 3 is 2.63 bits per heavy atom. The van der Waals surface area contributed by atoms with E-state index in [1.807, 2.05) is 61.0 Å². The van der Waals surface area contributed by atoms with Gasteiger partial charge in [-0.15, -0.1) is 0 Å². The van der Waals surface area contributed by atoms with E-state index in [4.69, 9.17) is 10.5 Å². The van der Waals surface area contributed by atoms with Crippen LogP contribution in [0, 0.1) is 6.92 Å². The Hall–Kier alpha value is -3.67. The van der Waals surface area contributed by atoms with Crippen molar-refractivity contribution in [3.63, 3.8) is 0 Å². The molecule has 2 aromatic heterocycles. The van der Waals surface area contributed by atoms with E-state index in [1.54, 1.807) is 18.6 Å². The molecule has 27 heavy (non-hydrogen) atoms. The Bertz CT molecular complexity index is 1160. The molecule has 0 aliphatic rings. The van der Waals surface area contributed by atoms with Crippen LogP contribution in [-0.2, 0) is 7.05 Å². The Labute approximate surface area is 156 Å². The summed E-state index contributed by atoms with van der Waals surface area (Å²) in [7, 11) is 1.95. The lowest BCUT2D eigenvalue weighted by molar-refractivity contribution is 0.0999. The minimum Gasteiger partial charge on any atom is -0.457 e. The molecule has 0 aliphatic heterocycles. The third-order valence-electron chi connectivity index (χ3n) is 4.45. The second kappa shape index (κ2) is 6.57. The maximum atomic E-state index is 11.4. The molecule has 2 N–H and O–H groups in total. The summed E-state index contributed by atoms with van der Waals surface area (Å²) in [4.78, 5) is 20.1. The zero-order chi connectivity index (χ0) is 19.0. The molecule has 4 rings (SSSR count). The van der Waals surface area contributed by atoms with Gasteiger partial charge in [-0.25, -0.2) is 4.98 Å². The van der Waals surface area contributed by atoms with Crippen LogP contribution in [0.15, 0.2) is 61.1 Å². The predicted molar refractivity (Wildman–Crippen MR) is 104 cm³/mol. The van der Waals surface area contributed by atoms with Crippen LogP contribution in [0.25, 0.3) is 22.3 Å². The van der Waals surface area contributed by atoms with Crippen molar-refractivity contribution in [3.05, 3.63) is 72.2 Å². The van der Waals surface area contributed by atoms with Crippen molar-refractivity contribution in [2.24, 2.45) is 12.8 Å². The Morgan fingerprint density at radius 2 is 1.85 bits per heavy atom. The maximum absolute atomic E-state index is 11.4. The normalized spacial score (nSPS) is 10.9. The van der Waals surface area contributed by atoms with Crippen molar-refractivity contribution < 1.29 is 9.53 Å². The molecule has 1 amide bonds. The van der Waals surface area contributed by atoms with Crippen LogP contribution in [-0.4, -0.2) is 20.4 Å². The molecule has 0 saturated heterocycles. The predicted octanol–water partition coefficient (Wildman–Crippen LogP) is 3.83. The number of hydrogen-bond acceptors (Lipinski definition) is 4. The van der Waals surface area contributed by atoms with Gasteiger partial charge in [0.05, 0.1) is 23.1 Å². The van der Waals surface area contributed by atoms with Crippen LogP contribution >= 0.6 is 0 Å². The summed E-state index contributed by atoms with van der Waals surface area (Å²) in [6.07, 6.45) is 3.47. The molecule has 6 heteroatoms. The molecule has 0 bridgehead atoms. The van der Waals surface area contributed by atoms with Gasteiger partial charge in [-0.05, 0) is 42.8 Å². The van der Waals surface area contributed by atoms with Crippen molar-refractivity contribution in [3.8, 4) is 22.8 Å². The highest BCUT2D eigenvalue weighted by atomic mass is 16.5. The van der Waals surface area contributed by atoms with Gasteiger partial charge in [0.15, 0.2) is 0 Å². The van der Waals surface area contributed by atoms with Gasteiger partial charge in [0.25, 0.3) is 0 Å². The van der Waals surface area contributed by atoms with Crippen molar-refractivity contribution >= 4 is 16.9 Å². The van der Waals surface area contributed by atoms with E-state index in [0.717, 1.165) is 33.6 Å². The molecular formula is C21H18N4O2. The number of aryl methyl sites for hydroxylation is 2. The van der Waals surface area contributed by atoms with Crippen LogP contribution < -0.4 is 10.5 Å². The molecule has 134 valence electrons. The first kappa shape index (κ1) is 16.8. The van der Waals surface area contributed by atoms with Crippen LogP contribution in [0.3, 0.4) is 0 Å². The molecule has 0 spiro atoms. The summed E-state index contributed by atoms with van der Waals surface area (Å²) in [6.45, 7) is 1.85. The quantitative estimate of drug-likeness (QED) is 0.601. The van der Waals surface area contributed by atoms with E-state index < -0.39 is 5.91 Å². The standard InChI is InChI=1S/C21H18N4O2/c1-13-9-14(3-5-17(13)21(22)26)19-10-16(7-8-23-19)27-15-4-6-18-20(11-15)25(2)12-24-18/h3-12H,1-2H3,(H2,22,26). The minimum atomic E-state index is -0.436. The lowest BCUT2D eigenvalue weighted by atomic mass is 10.0. The maximum Gasteiger partial charge on any atom is 0.248 e. The molecular weight excluding hydrogens is 340 g/mol. The molecule has 2 heterocycles. The van der Waals surface area contributed by atoms with Crippen molar-refractivity contribution in [1.82, 2.24) is 14.5 Å². The molecule has 0 saturated carbocycles. The van der Waals surface area contributed by atoms with Crippen LogP contribution in [0.2, 0.25) is 0 Å². The van der Waals surface area contributed by atoms with Gasteiger partial charge in [-0.1, -0.05) is 6.07 Å². The Balaban J connectivity index is 1.64. The second-order valence-electron chi connectivity index (χ2n) is 6.38. The highest BCUT2D eigenvalue weighted by Gasteiger charge is 2.09. The lowest BCUT2D eigenvalue weighted by Crippen LogP contribution is -2.12. The van der Waals surface area contributed by atoms with Crippen molar-refractivity contribution in [2.45, 2.75) is 6.92 Å². The fourth-order valence-corrected chi connectivity index (χ4v) is 3.04. The fraction of sp³-hybridized carbons (Fsp3) is 0.0952. The summed E-state index contributed by atoms with van der Waals surface area (Å²) >= 11 is 0. The average molecular weight is 358 g/mol. The first-order valence-electron chi connectivity index (χ1n) is 8.47. The number of rotatable bonds is 4. The third-order valence-corrected chi connectivity index (χ3v) is 4.45. The Kier molecular flexibility index (Phi) is 4.08. The summed E-state index contributed by atoms with van der Waals surface area (Å²) in [5.74, 6) is 0.969. The highest BCUT2D eigenvalue weighted by Crippen LogP contribution is 2.28. The fourth-order valence-electron chi connectivity index (χ4n) is 3.04. The number of benzene rings is 2. The first-order chi connectivity index (χ1) is 13.0. The number of nitrogens with two attached hydrogens (primary N) is 1. The number of carbonyl (C=O) groups is 1. The molecule has 0 atom stereocenters. The number of amides is 1. The molecule has 2 aromatic carbocycles. The number of nitrogens with zero attached hydrogens (tertiary/aromatic N) is 3. The zero-order valence-corrected chi connectivity index (χ0v) is 15.0. The largest absolute Gasteiger partial charge is 0.457 e. The number of primary amides is 1. The molecule has 4 aromatic rings. The number of ether oxygens (including phenoxy) is 1. The summed E-state index contributed by atoms with van der Waals surface area (Å²) in [5.41, 5.74) is 10.3. The van der Waals surface area contributed by atoms with Gasteiger partial charge in [0, 0.05) is 36.5 Å². The van der Waals surface area contributed by atoms with E-state index in [1.165, 1.54) is 0 Å². The van der Waals surface area contributed by atoms with Crippen molar-refractivity contribution in [1.29, 1.82) is 0 Å². The van der Waals surface area contributed by atoms with E-state index in [9.17, 15) is 4.79 Å². The molecule has 0 fully saturated rings. The zero-order valence-electron chi connectivity index (χ0n) is 15.0. The van der Waals surface area contributed by atoms with E-state index >= 15 is 0 Å². The molecule has 0 unspecified atom stereocenters. The summed E-state index contributed by atoms with van der Waals surface area (Å²) < 4.78 is 7.96. The van der Waals surface area contributed by atoms with Gasteiger partial charge >= 0.3 is 0 Å². The minimum absolute atomic E-state index is 0.436. The smallest absolute Gasteiger partial charge is 0.248 e. The second-order valence-corrected chi connectivity index (χ2v) is 6.38. The van der Waals surface area contributed by atoms with Gasteiger partial charge in [-0.3, -0.25) is 9.78 Å². The molecule has 6 nitrogen and oxygen atoms in total. The lowest BCUT2D eigenvalue weighted by Gasteiger charge is -2.09. The summed E-state index contributed by atoms with van der Waals surface area (Å²) in [6, 6.07) is 14.9. The third kappa shape index (κ3) is 3.25. The topological polar surface area (TPSA) is 83.0 Å². The van der Waals surface area contributed by atoms with E-state index in [-0.39, 0.29) is 0 Å². The van der Waals surface area contributed by atoms with Gasteiger partial charge < -0.3 is 15.0 Å². The first-order valence-corrected chi connectivity index (χ1v) is 8.47. The highest BCUT2D eigenvalue weighted by molar-refractivity contribution is 5.94. The van der Waals surface area contributed by atoms with Crippen molar-refractivity contribution in [2.75, 3.05) is 0 Å². The van der Waals surface area contributed by atoms with Gasteiger partial charge in [0.2, 0.25) is 5.91 Å².